The summed E-state index contributed by atoms with van der Waals surface area (Å²) in [7, 11) is 1.94. The van der Waals surface area contributed by atoms with Crippen molar-refractivity contribution in [2.45, 2.75) is 38.3 Å². The largest absolute Gasteiger partial charge is 0.339 e. The predicted molar refractivity (Wildman–Crippen MR) is 96.3 cm³/mol. The number of likely N-dealkylation sites (N-methyl/N-ethyl adjacent to an activating group) is 1. The van der Waals surface area contributed by atoms with Gasteiger partial charge < -0.3 is 10.2 Å². The van der Waals surface area contributed by atoms with E-state index < -0.39 is 6.04 Å². The number of piperidine rings is 1. The Morgan fingerprint density at radius 2 is 2.16 bits per heavy atom. The zero-order valence-corrected chi connectivity index (χ0v) is 15.3. The summed E-state index contributed by atoms with van der Waals surface area (Å²) in [6, 6.07) is 7.17. The fraction of sp³-hybridized carbons (Fsp3) is 0.529. The molecule has 1 aliphatic rings. The molecular formula is C17H23ClN6O. The minimum atomic E-state index is -0.427. The van der Waals surface area contributed by atoms with E-state index in [0.717, 1.165) is 31.5 Å². The predicted octanol–water partition coefficient (Wildman–Crippen LogP) is 2.16. The minimum Gasteiger partial charge on any atom is -0.339 e. The van der Waals surface area contributed by atoms with E-state index in [4.69, 9.17) is 11.6 Å². The van der Waals surface area contributed by atoms with Crippen molar-refractivity contribution >= 4 is 17.5 Å². The number of carbonyl (C=O) groups excluding carboxylic acids is 1. The van der Waals surface area contributed by atoms with E-state index in [9.17, 15) is 4.79 Å². The molecular weight excluding hydrogens is 340 g/mol. The van der Waals surface area contributed by atoms with Crippen molar-refractivity contribution in [1.82, 2.24) is 30.4 Å². The topological polar surface area (TPSA) is 75.9 Å². The smallest absolute Gasteiger partial charge is 0.249 e. The van der Waals surface area contributed by atoms with Crippen LogP contribution in [-0.2, 0) is 4.79 Å². The average Bonchev–Trinajstić information content (AvgIpc) is 3.12. The SMILES string of the molecule is CCC(C(=O)N1CCCC(NC)C1)n1nnc(-c2ccc(Cl)cc2)n1. The van der Waals surface area contributed by atoms with Crippen LogP contribution in [-0.4, -0.2) is 57.2 Å². The zero-order valence-electron chi connectivity index (χ0n) is 14.5. The van der Waals surface area contributed by atoms with Crippen LogP contribution >= 0.6 is 11.6 Å². The lowest BCUT2D eigenvalue weighted by molar-refractivity contribution is -0.137. The van der Waals surface area contributed by atoms with Crippen molar-refractivity contribution < 1.29 is 4.79 Å². The first-order chi connectivity index (χ1) is 12.1. The molecule has 8 heteroatoms. The van der Waals surface area contributed by atoms with Crippen LogP contribution in [0.25, 0.3) is 11.4 Å². The second kappa shape index (κ2) is 7.93. The van der Waals surface area contributed by atoms with Crippen molar-refractivity contribution in [3.63, 3.8) is 0 Å². The third kappa shape index (κ3) is 3.99. The van der Waals surface area contributed by atoms with E-state index in [1.54, 1.807) is 12.1 Å². The van der Waals surface area contributed by atoms with Crippen molar-refractivity contribution in [1.29, 1.82) is 0 Å². The van der Waals surface area contributed by atoms with Crippen LogP contribution in [0.3, 0.4) is 0 Å². The Labute approximate surface area is 152 Å². The van der Waals surface area contributed by atoms with E-state index in [2.05, 4.69) is 20.7 Å². The Kier molecular flexibility index (Phi) is 5.65. The van der Waals surface area contributed by atoms with Gasteiger partial charge in [-0.15, -0.1) is 10.2 Å². The monoisotopic (exact) mass is 362 g/mol. The van der Waals surface area contributed by atoms with Gasteiger partial charge in [0.15, 0.2) is 6.04 Å². The van der Waals surface area contributed by atoms with E-state index in [-0.39, 0.29) is 5.91 Å². The highest BCUT2D eigenvalue weighted by Crippen LogP contribution is 2.20. The number of benzene rings is 1. The number of rotatable bonds is 5. The number of halogens is 1. The maximum atomic E-state index is 12.9. The molecule has 25 heavy (non-hydrogen) atoms. The number of aromatic nitrogens is 4. The number of carbonyl (C=O) groups is 1. The molecule has 1 N–H and O–H groups in total. The summed E-state index contributed by atoms with van der Waals surface area (Å²) < 4.78 is 0. The molecule has 1 amide bonds. The molecule has 0 spiro atoms. The van der Waals surface area contributed by atoms with Gasteiger partial charge in [-0.1, -0.05) is 18.5 Å². The van der Waals surface area contributed by atoms with Crippen LogP contribution in [0.1, 0.15) is 32.2 Å². The lowest BCUT2D eigenvalue weighted by atomic mass is 10.0. The van der Waals surface area contributed by atoms with Crippen molar-refractivity contribution in [3.8, 4) is 11.4 Å². The molecule has 0 aliphatic carbocycles. The van der Waals surface area contributed by atoms with Crippen LogP contribution < -0.4 is 5.32 Å². The standard InChI is InChI=1S/C17H23ClN6O/c1-3-15(17(25)23-10-4-5-14(11-23)19-2)24-21-16(20-22-24)12-6-8-13(18)9-7-12/h6-9,14-15,19H,3-5,10-11H2,1-2H3. The molecule has 2 unspecified atom stereocenters. The first-order valence-electron chi connectivity index (χ1n) is 8.64. The van der Waals surface area contributed by atoms with E-state index in [1.807, 2.05) is 31.0 Å². The molecule has 0 bridgehead atoms. The van der Waals surface area contributed by atoms with Crippen LogP contribution in [0.4, 0.5) is 0 Å². The molecule has 1 aromatic heterocycles. The molecule has 3 rings (SSSR count). The normalized spacial score (nSPS) is 19.0. The number of hydrogen-bond acceptors (Lipinski definition) is 5. The quantitative estimate of drug-likeness (QED) is 0.882. The van der Waals surface area contributed by atoms with Crippen molar-refractivity contribution in [2.24, 2.45) is 0 Å². The number of hydrogen-bond donors (Lipinski definition) is 1. The number of likely N-dealkylation sites (tertiary alicyclic amines) is 1. The lowest BCUT2D eigenvalue weighted by Crippen LogP contribution is -2.49. The van der Waals surface area contributed by atoms with Gasteiger partial charge in [-0.3, -0.25) is 4.79 Å². The summed E-state index contributed by atoms with van der Waals surface area (Å²) in [4.78, 5) is 16.3. The Balaban J connectivity index is 1.76. The van der Waals surface area contributed by atoms with Crippen molar-refractivity contribution in [3.05, 3.63) is 29.3 Å². The third-order valence-electron chi connectivity index (χ3n) is 4.62. The molecule has 2 atom stereocenters. The van der Waals surface area contributed by atoms with E-state index in [1.165, 1.54) is 4.80 Å². The number of nitrogens with one attached hydrogen (secondary N) is 1. The maximum Gasteiger partial charge on any atom is 0.249 e. The van der Waals surface area contributed by atoms with Gasteiger partial charge in [-0.25, -0.2) is 0 Å². The lowest BCUT2D eigenvalue weighted by Gasteiger charge is -2.34. The Bertz CT molecular complexity index is 716. The van der Waals surface area contributed by atoms with Gasteiger partial charge >= 0.3 is 0 Å². The first-order valence-corrected chi connectivity index (χ1v) is 9.01. The average molecular weight is 363 g/mol. The molecule has 0 saturated carbocycles. The second-order valence-corrected chi connectivity index (χ2v) is 6.71. The van der Waals surface area contributed by atoms with Gasteiger partial charge in [0.25, 0.3) is 0 Å². The molecule has 7 nitrogen and oxygen atoms in total. The number of tetrazole rings is 1. The second-order valence-electron chi connectivity index (χ2n) is 6.28. The highest BCUT2D eigenvalue weighted by atomic mass is 35.5. The van der Waals surface area contributed by atoms with Gasteiger partial charge in [0, 0.05) is 29.7 Å². The molecule has 2 heterocycles. The van der Waals surface area contributed by atoms with Gasteiger partial charge in [0.05, 0.1) is 0 Å². The van der Waals surface area contributed by atoms with Crippen LogP contribution in [0.15, 0.2) is 24.3 Å². The molecule has 0 radical (unpaired) electrons. The van der Waals surface area contributed by atoms with E-state index >= 15 is 0 Å². The first kappa shape index (κ1) is 17.8. The highest BCUT2D eigenvalue weighted by Gasteiger charge is 2.30. The van der Waals surface area contributed by atoms with Gasteiger partial charge in [-0.2, -0.15) is 4.80 Å². The van der Waals surface area contributed by atoms with Crippen molar-refractivity contribution in [2.75, 3.05) is 20.1 Å². The third-order valence-corrected chi connectivity index (χ3v) is 4.87. The summed E-state index contributed by atoms with van der Waals surface area (Å²) in [6.45, 7) is 3.48. The molecule has 1 fully saturated rings. The van der Waals surface area contributed by atoms with Gasteiger partial charge in [0.2, 0.25) is 11.7 Å². The Morgan fingerprint density at radius 3 is 2.84 bits per heavy atom. The molecule has 134 valence electrons. The summed E-state index contributed by atoms with van der Waals surface area (Å²) >= 11 is 5.91. The summed E-state index contributed by atoms with van der Waals surface area (Å²) in [6.07, 6.45) is 2.73. The van der Waals surface area contributed by atoms with Crippen LogP contribution in [0.5, 0.6) is 0 Å². The van der Waals surface area contributed by atoms with Gasteiger partial charge in [0.1, 0.15) is 0 Å². The fourth-order valence-corrected chi connectivity index (χ4v) is 3.26. The Hall–Kier alpha value is -1.99. The summed E-state index contributed by atoms with van der Waals surface area (Å²) in [5, 5.41) is 16.6. The van der Waals surface area contributed by atoms with E-state index in [0.29, 0.717) is 23.3 Å². The van der Waals surface area contributed by atoms with Crippen LogP contribution in [0, 0.1) is 0 Å². The number of nitrogens with zero attached hydrogens (tertiary/aromatic N) is 5. The Morgan fingerprint density at radius 1 is 1.40 bits per heavy atom. The molecule has 1 aromatic carbocycles. The van der Waals surface area contributed by atoms with Crippen LogP contribution in [0.2, 0.25) is 5.02 Å². The summed E-state index contributed by atoms with van der Waals surface area (Å²) in [5.41, 5.74) is 0.825. The van der Waals surface area contributed by atoms with Gasteiger partial charge in [-0.05, 0) is 55.8 Å². The minimum absolute atomic E-state index is 0.0579. The number of amides is 1. The fourth-order valence-electron chi connectivity index (χ4n) is 3.13. The zero-order chi connectivity index (χ0) is 17.8. The molecule has 1 aliphatic heterocycles. The molecule has 1 saturated heterocycles. The molecule has 2 aromatic rings. The summed E-state index contributed by atoms with van der Waals surface area (Å²) in [5.74, 6) is 0.553. The maximum absolute atomic E-state index is 12.9. The highest BCUT2D eigenvalue weighted by molar-refractivity contribution is 6.30.